The predicted molar refractivity (Wildman–Crippen MR) is 87.3 cm³/mol. The van der Waals surface area contributed by atoms with Crippen LogP contribution in [0.3, 0.4) is 0 Å². The summed E-state index contributed by atoms with van der Waals surface area (Å²) >= 11 is 0. The zero-order chi connectivity index (χ0) is 15.7. The fourth-order valence-electron chi connectivity index (χ4n) is 7.65. The molecule has 2 nitrogen and oxygen atoms in total. The van der Waals surface area contributed by atoms with Crippen LogP contribution in [-0.2, 0) is 4.79 Å². The van der Waals surface area contributed by atoms with Crippen LogP contribution in [0.25, 0.3) is 0 Å². The first kappa shape index (κ1) is 15.2. The number of hydrogen-bond donors (Lipinski definition) is 1. The van der Waals surface area contributed by atoms with Gasteiger partial charge in [-0.15, -0.1) is 0 Å². The zero-order valence-corrected chi connectivity index (χ0v) is 14.5. The second kappa shape index (κ2) is 4.82. The molecule has 0 saturated heterocycles. The Labute approximate surface area is 135 Å². The molecular formula is C20H32O2. The number of aliphatic hydroxyl groups is 1. The molecule has 4 rings (SSSR count). The van der Waals surface area contributed by atoms with Crippen LogP contribution in [0, 0.1) is 40.4 Å². The Morgan fingerprint density at radius 3 is 2.55 bits per heavy atom. The summed E-state index contributed by atoms with van der Waals surface area (Å²) in [5, 5.41) is 10.5. The molecular weight excluding hydrogens is 272 g/mol. The Kier molecular flexibility index (Phi) is 3.32. The summed E-state index contributed by atoms with van der Waals surface area (Å²) in [6, 6.07) is 0. The normalized spacial score (nSPS) is 57.9. The van der Waals surface area contributed by atoms with Crippen molar-refractivity contribution in [2.24, 2.45) is 40.4 Å². The van der Waals surface area contributed by atoms with E-state index >= 15 is 0 Å². The van der Waals surface area contributed by atoms with Gasteiger partial charge in [0.2, 0.25) is 0 Å². The molecule has 0 aromatic carbocycles. The molecule has 4 saturated carbocycles. The first-order chi connectivity index (χ1) is 10.3. The lowest BCUT2D eigenvalue weighted by Gasteiger charge is -2.60. The van der Waals surface area contributed by atoms with E-state index in [0.717, 1.165) is 42.9 Å². The maximum atomic E-state index is 12.1. The van der Waals surface area contributed by atoms with Gasteiger partial charge < -0.3 is 5.11 Å². The highest BCUT2D eigenvalue weighted by Gasteiger charge is 2.60. The highest BCUT2D eigenvalue weighted by Crippen LogP contribution is 2.65. The Bertz CT molecular complexity index is 486. The van der Waals surface area contributed by atoms with Crippen molar-refractivity contribution in [2.75, 3.05) is 0 Å². The van der Waals surface area contributed by atoms with E-state index in [1.165, 1.54) is 32.1 Å². The quantitative estimate of drug-likeness (QED) is 0.728. The maximum absolute atomic E-state index is 12.1. The smallest absolute Gasteiger partial charge is 0.133 e. The highest BCUT2D eigenvalue weighted by molar-refractivity contribution is 5.80. The molecule has 0 heterocycles. The Balaban J connectivity index is 1.65. The minimum absolute atomic E-state index is 0.0721. The largest absolute Gasteiger partial charge is 0.393 e. The van der Waals surface area contributed by atoms with Crippen molar-refractivity contribution < 1.29 is 9.90 Å². The van der Waals surface area contributed by atoms with Crippen LogP contribution in [0.1, 0.15) is 72.1 Å². The number of aliphatic hydroxyl groups excluding tert-OH is 1. The lowest BCUT2D eigenvalue weighted by atomic mass is 9.45. The second-order valence-corrected chi connectivity index (χ2v) is 9.69. The van der Waals surface area contributed by atoms with Crippen molar-refractivity contribution in [3.8, 4) is 0 Å². The first-order valence-corrected chi connectivity index (χ1v) is 9.55. The molecule has 4 fully saturated rings. The zero-order valence-electron chi connectivity index (χ0n) is 14.5. The lowest BCUT2D eigenvalue weighted by molar-refractivity contribution is -0.146. The SMILES string of the molecule is CC1CC(=O)CC2(C)CCC3C(CCC4(C)C(O)CCC34)C12. The third-order valence-electron chi connectivity index (χ3n) is 8.52. The average molecular weight is 304 g/mol. The summed E-state index contributed by atoms with van der Waals surface area (Å²) in [7, 11) is 0. The molecule has 0 radical (unpaired) electrons. The van der Waals surface area contributed by atoms with Gasteiger partial charge in [-0.3, -0.25) is 4.79 Å². The van der Waals surface area contributed by atoms with Crippen LogP contribution in [0.15, 0.2) is 0 Å². The molecule has 0 spiro atoms. The minimum Gasteiger partial charge on any atom is -0.393 e. The standard InChI is InChI=1S/C20H32O2/c1-12-10-13(21)11-19(2)8-6-14-15(18(12)19)7-9-20(3)16(14)4-5-17(20)22/h12,14-18,22H,4-11H2,1-3H3. The van der Waals surface area contributed by atoms with E-state index in [9.17, 15) is 9.90 Å². The number of fused-ring (bicyclic) bond motifs is 5. The molecule has 8 unspecified atom stereocenters. The van der Waals surface area contributed by atoms with Gasteiger partial charge in [0.25, 0.3) is 0 Å². The van der Waals surface area contributed by atoms with Gasteiger partial charge in [-0.05, 0) is 78.9 Å². The van der Waals surface area contributed by atoms with Crippen LogP contribution in [0.4, 0.5) is 0 Å². The van der Waals surface area contributed by atoms with Crippen molar-refractivity contribution in [3.63, 3.8) is 0 Å². The van der Waals surface area contributed by atoms with E-state index < -0.39 is 0 Å². The lowest BCUT2D eigenvalue weighted by Crippen LogP contribution is -2.54. The fourth-order valence-corrected chi connectivity index (χ4v) is 7.65. The predicted octanol–water partition coefficient (Wildman–Crippen LogP) is 4.21. The van der Waals surface area contributed by atoms with E-state index in [-0.39, 0.29) is 16.9 Å². The number of carbonyl (C=O) groups is 1. The van der Waals surface area contributed by atoms with Gasteiger partial charge in [0.1, 0.15) is 5.78 Å². The molecule has 2 heteroatoms. The number of carbonyl (C=O) groups excluding carboxylic acids is 1. The Morgan fingerprint density at radius 2 is 1.77 bits per heavy atom. The van der Waals surface area contributed by atoms with E-state index in [4.69, 9.17) is 0 Å². The third kappa shape index (κ3) is 1.92. The van der Waals surface area contributed by atoms with Crippen molar-refractivity contribution in [2.45, 2.75) is 78.2 Å². The number of hydrogen-bond acceptors (Lipinski definition) is 2. The van der Waals surface area contributed by atoms with Crippen molar-refractivity contribution in [3.05, 3.63) is 0 Å². The molecule has 0 bridgehead atoms. The van der Waals surface area contributed by atoms with E-state index in [0.29, 0.717) is 11.7 Å². The van der Waals surface area contributed by atoms with Crippen molar-refractivity contribution in [1.29, 1.82) is 0 Å². The van der Waals surface area contributed by atoms with E-state index in [1.807, 2.05) is 0 Å². The molecule has 1 N–H and O–H groups in total. The van der Waals surface area contributed by atoms with Gasteiger partial charge in [-0.1, -0.05) is 20.8 Å². The van der Waals surface area contributed by atoms with Gasteiger partial charge in [0, 0.05) is 12.8 Å². The summed E-state index contributed by atoms with van der Waals surface area (Å²) in [4.78, 5) is 12.1. The van der Waals surface area contributed by atoms with Gasteiger partial charge >= 0.3 is 0 Å². The molecule has 8 atom stereocenters. The maximum Gasteiger partial charge on any atom is 0.133 e. The van der Waals surface area contributed by atoms with Gasteiger partial charge in [-0.2, -0.15) is 0 Å². The molecule has 0 aromatic heterocycles. The minimum atomic E-state index is -0.0721. The highest BCUT2D eigenvalue weighted by atomic mass is 16.3. The summed E-state index contributed by atoms with van der Waals surface area (Å²) in [5.74, 6) is 4.16. The van der Waals surface area contributed by atoms with Crippen LogP contribution >= 0.6 is 0 Å². The first-order valence-electron chi connectivity index (χ1n) is 9.55. The average Bonchev–Trinajstić information content (AvgIpc) is 2.73. The number of rotatable bonds is 0. The monoisotopic (exact) mass is 304 g/mol. The van der Waals surface area contributed by atoms with Gasteiger partial charge in [0.15, 0.2) is 0 Å². The fraction of sp³-hybridized carbons (Fsp3) is 0.950. The molecule has 4 aliphatic rings. The molecule has 22 heavy (non-hydrogen) atoms. The van der Waals surface area contributed by atoms with Crippen molar-refractivity contribution >= 4 is 5.78 Å². The van der Waals surface area contributed by atoms with Crippen LogP contribution < -0.4 is 0 Å². The number of ketones is 1. The van der Waals surface area contributed by atoms with Crippen molar-refractivity contribution in [1.82, 2.24) is 0 Å². The van der Waals surface area contributed by atoms with E-state index in [1.54, 1.807) is 0 Å². The number of Topliss-reactive ketones (excluding diaryl/α,β-unsaturated/α-hetero) is 1. The topological polar surface area (TPSA) is 37.3 Å². The Morgan fingerprint density at radius 1 is 1.05 bits per heavy atom. The summed E-state index contributed by atoms with van der Waals surface area (Å²) in [6.07, 6.45) is 8.83. The molecule has 4 aliphatic carbocycles. The van der Waals surface area contributed by atoms with Gasteiger partial charge in [0.05, 0.1) is 6.10 Å². The third-order valence-corrected chi connectivity index (χ3v) is 8.52. The second-order valence-electron chi connectivity index (χ2n) is 9.69. The van der Waals surface area contributed by atoms with E-state index in [2.05, 4.69) is 20.8 Å². The van der Waals surface area contributed by atoms with Crippen LogP contribution in [0.5, 0.6) is 0 Å². The summed E-state index contributed by atoms with van der Waals surface area (Å²) < 4.78 is 0. The van der Waals surface area contributed by atoms with Gasteiger partial charge in [-0.25, -0.2) is 0 Å². The molecule has 0 amide bonds. The summed E-state index contributed by atoms with van der Waals surface area (Å²) in [6.45, 7) is 7.09. The van der Waals surface area contributed by atoms with Crippen LogP contribution in [-0.4, -0.2) is 17.0 Å². The van der Waals surface area contributed by atoms with Crippen LogP contribution in [0.2, 0.25) is 0 Å². The molecule has 0 aromatic rings. The Hall–Kier alpha value is -0.370. The molecule has 0 aliphatic heterocycles. The summed E-state index contributed by atoms with van der Waals surface area (Å²) in [5.41, 5.74) is 0.448. The molecule has 124 valence electrons.